The topological polar surface area (TPSA) is 128 Å². The molecular formula is C22H31Cl2N5O2. The first-order chi connectivity index (χ1) is 14.9. The van der Waals surface area contributed by atoms with Gasteiger partial charge in [-0.15, -0.1) is 11.6 Å². The van der Waals surface area contributed by atoms with Crippen molar-refractivity contribution in [2.24, 2.45) is 11.5 Å². The average Bonchev–Trinajstić information content (AvgIpc) is 2.77. The van der Waals surface area contributed by atoms with Crippen LogP contribution in [0.15, 0.2) is 30.6 Å². The molecule has 1 heterocycles. The van der Waals surface area contributed by atoms with E-state index in [9.17, 15) is 4.79 Å². The van der Waals surface area contributed by atoms with E-state index in [1.165, 1.54) is 38.7 Å². The highest BCUT2D eigenvalue weighted by atomic mass is 35.5. The number of alkyl halides is 1. The van der Waals surface area contributed by atoms with E-state index in [2.05, 4.69) is 15.7 Å². The van der Waals surface area contributed by atoms with Gasteiger partial charge >= 0.3 is 0 Å². The second-order valence-electron chi connectivity index (χ2n) is 6.31. The Hall–Kier alpha value is -2.40. The van der Waals surface area contributed by atoms with Crippen LogP contribution in [0.25, 0.3) is 0 Å². The van der Waals surface area contributed by atoms with Crippen molar-refractivity contribution in [1.82, 2.24) is 9.97 Å². The van der Waals surface area contributed by atoms with Gasteiger partial charge in [-0.05, 0) is 51.8 Å². The number of primary amides is 1. The summed E-state index contributed by atoms with van der Waals surface area (Å²) in [5.74, 6) is 0.948. The summed E-state index contributed by atoms with van der Waals surface area (Å²) in [5.41, 5.74) is 10.9. The molecule has 1 aromatic heterocycles. The molecule has 1 aliphatic carbocycles. The molecule has 170 valence electrons. The number of aryl methyl sites for hydroxylation is 1. The van der Waals surface area contributed by atoms with Gasteiger partial charge in [-0.25, -0.2) is 4.98 Å². The summed E-state index contributed by atoms with van der Waals surface area (Å²) in [7, 11) is 1.50. The standard InChI is InChI=1S/C13H14ClNO.C6H7N3O.C2H5Cl.CH5N/c14-13-8-12(7-6-10(13)9-15)16-11-4-2-1-3-5-11;1-4-2-9-5(3-8-4)6(7)10;1-2-3;1-2/h6-8,11H,1-5H2;2-3H,1H3,(H2,7,10);2H2,1H3;2H2,1H3. The highest BCUT2D eigenvalue weighted by molar-refractivity contribution is 6.31. The van der Waals surface area contributed by atoms with E-state index >= 15 is 0 Å². The number of aromatic nitrogens is 2. The summed E-state index contributed by atoms with van der Waals surface area (Å²) in [4.78, 5) is 18.0. The first kappa shape index (κ1) is 28.6. The number of nitriles is 1. The van der Waals surface area contributed by atoms with Gasteiger partial charge < -0.3 is 16.2 Å². The highest BCUT2D eigenvalue weighted by Gasteiger charge is 2.15. The SMILES string of the molecule is CCCl.CN.Cc1cnc(C(N)=O)cn1.N#Cc1ccc(OC2CCCCC2)cc1Cl. The number of hydrogen-bond acceptors (Lipinski definition) is 6. The number of hydrogen-bond donors (Lipinski definition) is 2. The zero-order chi connectivity index (χ0) is 23.6. The summed E-state index contributed by atoms with van der Waals surface area (Å²) >= 11 is 10.9. The van der Waals surface area contributed by atoms with Crippen LogP contribution in [0.5, 0.6) is 5.75 Å². The van der Waals surface area contributed by atoms with Gasteiger partial charge in [-0.2, -0.15) is 5.26 Å². The molecule has 1 amide bonds. The van der Waals surface area contributed by atoms with Crippen molar-refractivity contribution >= 4 is 29.1 Å². The maximum atomic E-state index is 10.4. The summed E-state index contributed by atoms with van der Waals surface area (Å²) in [6, 6.07) is 7.30. The monoisotopic (exact) mass is 467 g/mol. The van der Waals surface area contributed by atoms with Crippen molar-refractivity contribution in [2.45, 2.75) is 52.1 Å². The molecule has 0 bridgehead atoms. The zero-order valence-corrected chi connectivity index (χ0v) is 19.8. The largest absolute Gasteiger partial charge is 0.490 e. The fourth-order valence-corrected chi connectivity index (χ4v) is 2.77. The van der Waals surface area contributed by atoms with E-state index in [0.717, 1.165) is 30.2 Å². The van der Waals surface area contributed by atoms with Crippen molar-refractivity contribution in [2.75, 3.05) is 12.9 Å². The second kappa shape index (κ2) is 17.3. The number of rotatable bonds is 3. The molecule has 9 heteroatoms. The predicted octanol–water partition coefficient (Wildman–Crippen LogP) is 4.63. The third-order valence-corrected chi connectivity index (χ3v) is 4.26. The third-order valence-electron chi connectivity index (χ3n) is 3.95. The van der Waals surface area contributed by atoms with Crippen LogP contribution in [0.4, 0.5) is 0 Å². The molecule has 1 aromatic carbocycles. The Labute approximate surface area is 194 Å². The molecule has 0 atom stereocenters. The van der Waals surface area contributed by atoms with Gasteiger partial charge in [0.15, 0.2) is 0 Å². The van der Waals surface area contributed by atoms with Gasteiger partial charge in [-0.3, -0.25) is 9.78 Å². The molecule has 1 fully saturated rings. The van der Waals surface area contributed by atoms with Gasteiger partial charge in [0.25, 0.3) is 5.91 Å². The molecule has 31 heavy (non-hydrogen) atoms. The van der Waals surface area contributed by atoms with Gasteiger partial charge in [-0.1, -0.05) is 24.9 Å². The molecule has 0 radical (unpaired) electrons. The van der Waals surface area contributed by atoms with E-state index in [1.54, 1.807) is 19.1 Å². The summed E-state index contributed by atoms with van der Waals surface area (Å²) in [6.07, 6.45) is 9.22. The van der Waals surface area contributed by atoms with Crippen LogP contribution in [0.2, 0.25) is 5.02 Å². The lowest BCUT2D eigenvalue weighted by atomic mass is 9.98. The molecular weight excluding hydrogens is 437 g/mol. The van der Waals surface area contributed by atoms with Crippen molar-refractivity contribution in [3.8, 4) is 11.8 Å². The number of halogens is 2. The van der Waals surface area contributed by atoms with Gasteiger partial charge in [0, 0.05) is 18.1 Å². The van der Waals surface area contributed by atoms with Gasteiger partial charge in [0.05, 0.1) is 28.6 Å². The van der Waals surface area contributed by atoms with Crippen LogP contribution >= 0.6 is 23.2 Å². The van der Waals surface area contributed by atoms with Crippen molar-refractivity contribution in [3.05, 3.63) is 52.6 Å². The van der Waals surface area contributed by atoms with Crippen LogP contribution < -0.4 is 16.2 Å². The lowest BCUT2D eigenvalue weighted by Gasteiger charge is -2.23. The Morgan fingerprint density at radius 3 is 2.29 bits per heavy atom. The Kier molecular flexibility index (Phi) is 16.0. The molecule has 3 rings (SSSR count). The van der Waals surface area contributed by atoms with Crippen LogP contribution in [0.3, 0.4) is 0 Å². The minimum atomic E-state index is -0.549. The summed E-state index contributed by atoms with van der Waals surface area (Å²) in [5, 5.41) is 9.22. The lowest BCUT2D eigenvalue weighted by Crippen LogP contribution is -2.19. The molecule has 4 N–H and O–H groups in total. The molecule has 2 aromatic rings. The first-order valence-electron chi connectivity index (χ1n) is 9.99. The number of carbonyl (C=O) groups is 1. The molecule has 7 nitrogen and oxygen atoms in total. The average molecular weight is 468 g/mol. The second-order valence-corrected chi connectivity index (χ2v) is 7.25. The van der Waals surface area contributed by atoms with Crippen molar-refractivity contribution in [3.63, 3.8) is 0 Å². The van der Waals surface area contributed by atoms with Gasteiger partial charge in [0.1, 0.15) is 17.5 Å². The van der Waals surface area contributed by atoms with Crippen molar-refractivity contribution < 1.29 is 9.53 Å². The first-order valence-corrected chi connectivity index (χ1v) is 10.9. The number of carbonyl (C=O) groups excluding carboxylic acids is 1. The maximum absolute atomic E-state index is 10.4. The summed E-state index contributed by atoms with van der Waals surface area (Å²) in [6.45, 7) is 3.68. The molecule has 0 unspecified atom stereocenters. The Balaban J connectivity index is 0.000000515. The van der Waals surface area contributed by atoms with Crippen LogP contribution in [0.1, 0.15) is 60.8 Å². The quantitative estimate of drug-likeness (QED) is 0.633. The third kappa shape index (κ3) is 12.1. The number of nitrogens with zero attached hydrogens (tertiary/aromatic N) is 3. The minimum Gasteiger partial charge on any atom is -0.490 e. The highest BCUT2D eigenvalue weighted by Crippen LogP contribution is 2.26. The van der Waals surface area contributed by atoms with Crippen LogP contribution in [-0.4, -0.2) is 34.9 Å². The Morgan fingerprint density at radius 1 is 1.23 bits per heavy atom. The minimum absolute atomic E-state index is 0.200. The summed E-state index contributed by atoms with van der Waals surface area (Å²) < 4.78 is 5.84. The fourth-order valence-electron chi connectivity index (χ4n) is 2.56. The molecule has 0 aliphatic heterocycles. The Morgan fingerprint density at radius 2 is 1.84 bits per heavy atom. The molecule has 0 saturated heterocycles. The van der Waals surface area contributed by atoms with E-state index in [-0.39, 0.29) is 5.69 Å². The normalized spacial score (nSPS) is 12.4. The number of ether oxygens (including phenoxy) is 1. The number of benzene rings is 1. The maximum Gasteiger partial charge on any atom is 0.268 e. The fraction of sp³-hybridized carbons (Fsp3) is 0.455. The lowest BCUT2D eigenvalue weighted by molar-refractivity contribution is 0.0995. The zero-order valence-electron chi connectivity index (χ0n) is 18.3. The smallest absolute Gasteiger partial charge is 0.268 e. The van der Waals surface area contributed by atoms with E-state index in [0.29, 0.717) is 16.7 Å². The van der Waals surface area contributed by atoms with E-state index < -0.39 is 5.91 Å². The van der Waals surface area contributed by atoms with Crippen LogP contribution in [-0.2, 0) is 0 Å². The van der Waals surface area contributed by atoms with Crippen molar-refractivity contribution in [1.29, 1.82) is 5.26 Å². The Bertz CT molecular complexity index is 805. The molecule has 1 aliphatic rings. The predicted molar refractivity (Wildman–Crippen MR) is 125 cm³/mol. The number of amides is 1. The number of nitrogens with two attached hydrogens (primary N) is 2. The molecule has 0 spiro atoms. The van der Waals surface area contributed by atoms with E-state index in [1.807, 2.05) is 19.1 Å². The molecule has 1 saturated carbocycles. The van der Waals surface area contributed by atoms with Crippen LogP contribution in [0, 0.1) is 18.3 Å². The van der Waals surface area contributed by atoms with E-state index in [4.69, 9.17) is 38.9 Å². The van der Waals surface area contributed by atoms with Gasteiger partial charge in [0.2, 0.25) is 0 Å².